The molecule has 0 spiro atoms. The van der Waals surface area contributed by atoms with E-state index in [0.717, 1.165) is 28.4 Å². The number of methoxy groups -OCH3 is 1. The minimum Gasteiger partial charge on any atom is -0.516 e. The number of benzene rings is 1. The second-order valence-corrected chi connectivity index (χ2v) is 7.76. The van der Waals surface area contributed by atoms with Crippen molar-refractivity contribution in [3.63, 3.8) is 0 Å². The van der Waals surface area contributed by atoms with Crippen molar-refractivity contribution in [3.8, 4) is 17.0 Å². The summed E-state index contributed by atoms with van der Waals surface area (Å²) in [6.45, 7) is 8.71. The van der Waals surface area contributed by atoms with Crippen molar-refractivity contribution in [3.05, 3.63) is 41.9 Å². The van der Waals surface area contributed by atoms with Gasteiger partial charge >= 0.3 is 6.18 Å². The number of aromatic nitrogens is 2. The zero-order valence-corrected chi connectivity index (χ0v) is 20.2. The molecular weight excluding hydrogens is 577 g/mol. The second kappa shape index (κ2) is 11.7. The fourth-order valence-electron chi connectivity index (χ4n) is 2.27. The Bertz CT molecular complexity index is 778. The summed E-state index contributed by atoms with van der Waals surface area (Å²) in [5.74, 6) is 0.801. The van der Waals surface area contributed by atoms with Crippen LogP contribution in [0.25, 0.3) is 11.3 Å². The summed E-state index contributed by atoms with van der Waals surface area (Å²) in [6.07, 6.45) is -7.17. The molecule has 1 heterocycles. The Morgan fingerprint density at radius 2 is 1.73 bits per heavy atom. The van der Waals surface area contributed by atoms with Crippen LogP contribution >= 0.6 is 0 Å². The molecule has 9 heteroatoms. The van der Waals surface area contributed by atoms with Crippen LogP contribution in [0.15, 0.2) is 24.4 Å². The molecule has 0 fully saturated rings. The molecule has 2 aromatic rings. The van der Waals surface area contributed by atoms with Crippen LogP contribution in [-0.4, -0.2) is 45.7 Å². The first-order chi connectivity index (χ1) is 13.3. The van der Waals surface area contributed by atoms with Crippen molar-refractivity contribution < 1.29 is 48.2 Å². The number of halogens is 3. The van der Waals surface area contributed by atoms with Crippen molar-refractivity contribution in [1.29, 1.82) is 0 Å². The van der Waals surface area contributed by atoms with Crippen LogP contribution in [0.4, 0.5) is 13.2 Å². The van der Waals surface area contributed by atoms with Gasteiger partial charge in [0.25, 0.3) is 0 Å². The van der Waals surface area contributed by atoms with E-state index in [4.69, 9.17) is 9.84 Å². The van der Waals surface area contributed by atoms with E-state index in [1.54, 1.807) is 34.1 Å². The average Bonchev–Trinajstić information content (AvgIpc) is 2.60. The Hall–Kier alpha value is -1.54. The van der Waals surface area contributed by atoms with E-state index in [1.807, 2.05) is 32.0 Å². The number of aryl methyl sites for hydroxylation is 2. The van der Waals surface area contributed by atoms with E-state index in [-0.39, 0.29) is 20.1 Å². The number of nitrogens with zero attached hydrogens (tertiary/aromatic N) is 2. The fourth-order valence-corrected chi connectivity index (χ4v) is 2.27. The van der Waals surface area contributed by atoms with Gasteiger partial charge < -0.3 is 19.9 Å². The van der Waals surface area contributed by atoms with Gasteiger partial charge in [0.1, 0.15) is 0 Å². The number of alkyl halides is 3. The molecule has 0 aliphatic carbocycles. The number of aliphatic hydroxyl groups excluding tert-OH is 2. The summed E-state index contributed by atoms with van der Waals surface area (Å²) in [7, 11) is 1.65. The summed E-state index contributed by atoms with van der Waals surface area (Å²) >= 11 is 0. The number of ether oxygens (including phenoxy) is 1. The molecule has 1 aromatic carbocycles. The van der Waals surface area contributed by atoms with E-state index in [0.29, 0.717) is 0 Å². The number of rotatable bonds is 4. The molecule has 0 bridgehead atoms. The molecule has 0 amide bonds. The molecule has 1 radical (unpaired) electrons. The number of hydrogen-bond donors (Lipinski definition) is 2. The predicted octanol–water partition coefficient (Wildman–Crippen LogP) is 4.27. The van der Waals surface area contributed by atoms with Gasteiger partial charge in [0.2, 0.25) is 0 Å². The average molecular weight is 606 g/mol. The van der Waals surface area contributed by atoms with Crippen molar-refractivity contribution >= 4 is 0 Å². The third-order valence-corrected chi connectivity index (χ3v) is 4.16. The van der Waals surface area contributed by atoms with Crippen LogP contribution in [0.3, 0.4) is 0 Å². The van der Waals surface area contributed by atoms with Crippen LogP contribution in [0, 0.1) is 25.3 Å². The predicted molar refractivity (Wildman–Crippen MR) is 104 cm³/mol. The summed E-state index contributed by atoms with van der Waals surface area (Å²) in [5, 5.41) is 17.9. The van der Waals surface area contributed by atoms with Crippen molar-refractivity contribution in [2.45, 2.75) is 59.4 Å². The van der Waals surface area contributed by atoms with E-state index in [2.05, 4.69) is 16.0 Å². The standard InChI is InChI=1S/C13H13N2O.C8H15F3O2.Ir/c1-9-8-14-13(10(2)15-9)11-5-4-6-12(7-11)16-3;1-7(2,3)5(12)4-6(13)8(9,10)11;/h4,6-8H,1-3H3;5-6,12-13H,4H2,1-3H3;/q-1;;. The van der Waals surface area contributed by atoms with Crippen molar-refractivity contribution in [2.24, 2.45) is 5.41 Å². The summed E-state index contributed by atoms with van der Waals surface area (Å²) in [6, 6.07) is 8.74. The first-order valence-corrected chi connectivity index (χ1v) is 9.05. The first kappa shape index (κ1) is 28.5. The maximum Gasteiger partial charge on any atom is 0.414 e. The number of hydrogen-bond acceptors (Lipinski definition) is 5. The minimum atomic E-state index is -4.65. The SMILES string of the molecule is CC(C)(C)C(O)CC(O)C(F)(F)F.COc1cc[c-]c(-c2ncc(C)nc2C)c1.[Ir]. The molecule has 171 valence electrons. The molecule has 30 heavy (non-hydrogen) atoms. The molecule has 2 N–H and O–H groups in total. The molecular formula is C21H28F3IrN2O3-. The van der Waals surface area contributed by atoms with Crippen molar-refractivity contribution in [2.75, 3.05) is 7.11 Å². The van der Waals surface area contributed by atoms with E-state index >= 15 is 0 Å². The summed E-state index contributed by atoms with van der Waals surface area (Å²) < 4.78 is 40.7. The molecule has 2 rings (SSSR count). The van der Waals surface area contributed by atoms with Crippen LogP contribution in [0.1, 0.15) is 38.6 Å². The van der Waals surface area contributed by atoms with Gasteiger partial charge in [-0.3, -0.25) is 4.98 Å². The van der Waals surface area contributed by atoms with E-state index in [1.165, 1.54) is 0 Å². The molecule has 0 saturated heterocycles. The third-order valence-electron chi connectivity index (χ3n) is 4.16. The Morgan fingerprint density at radius 3 is 2.20 bits per heavy atom. The maximum atomic E-state index is 11.8. The monoisotopic (exact) mass is 606 g/mol. The van der Waals surface area contributed by atoms with Gasteiger partial charge in [0.15, 0.2) is 6.10 Å². The number of aliphatic hydroxyl groups is 2. The molecule has 1 aromatic heterocycles. The van der Waals surface area contributed by atoms with Gasteiger partial charge in [-0.1, -0.05) is 20.8 Å². The van der Waals surface area contributed by atoms with Gasteiger partial charge in [-0.15, -0.1) is 29.8 Å². The van der Waals surface area contributed by atoms with Gasteiger partial charge in [0.05, 0.1) is 18.9 Å². The molecule has 2 atom stereocenters. The Kier molecular flexibility index (Phi) is 11.1. The van der Waals surface area contributed by atoms with Gasteiger partial charge in [-0.05, 0) is 19.3 Å². The van der Waals surface area contributed by atoms with Gasteiger partial charge in [-0.25, -0.2) is 0 Å². The minimum absolute atomic E-state index is 0. The third kappa shape index (κ3) is 9.08. The zero-order valence-electron chi connectivity index (χ0n) is 17.8. The molecule has 2 unspecified atom stereocenters. The largest absolute Gasteiger partial charge is 0.516 e. The van der Waals surface area contributed by atoms with Crippen LogP contribution < -0.4 is 4.74 Å². The first-order valence-electron chi connectivity index (χ1n) is 9.05. The smallest absolute Gasteiger partial charge is 0.414 e. The second-order valence-electron chi connectivity index (χ2n) is 7.76. The Balaban J connectivity index is 0.000000557. The maximum absolute atomic E-state index is 11.8. The Labute approximate surface area is 189 Å². The molecule has 5 nitrogen and oxygen atoms in total. The Morgan fingerprint density at radius 1 is 1.13 bits per heavy atom. The molecule has 0 aliphatic heterocycles. The summed E-state index contributed by atoms with van der Waals surface area (Å²) in [4.78, 5) is 8.76. The molecule has 0 saturated carbocycles. The van der Waals surface area contributed by atoms with Crippen LogP contribution in [0.5, 0.6) is 5.75 Å². The normalized spacial score (nSPS) is 13.4. The summed E-state index contributed by atoms with van der Waals surface area (Å²) in [5.41, 5.74) is 2.94. The van der Waals surface area contributed by atoms with Gasteiger partial charge in [0, 0.05) is 49.9 Å². The van der Waals surface area contributed by atoms with Crippen LogP contribution in [-0.2, 0) is 20.1 Å². The molecule has 0 aliphatic rings. The quantitative estimate of drug-likeness (QED) is 0.510. The van der Waals surface area contributed by atoms with Gasteiger partial charge in [-0.2, -0.15) is 13.2 Å². The van der Waals surface area contributed by atoms with Crippen LogP contribution in [0.2, 0.25) is 0 Å². The van der Waals surface area contributed by atoms with E-state index in [9.17, 15) is 18.3 Å². The zero-order chi connectivity index (χ0) is 22.4. The van der Waals surface area contributed by atoms with Crippen molar-refractivity contribution in [1.82, 2.24) is 9.97 Å². The fraction of sp³-hybridized carbons (Fsp3) is 0.524. The topological polar surface area (TPSA) is 75.5 Å². The van der Waals surface area contributed by atoms with E-state index < -0.39 is 30.2 Å².